The highest BCUT2D eigenvalue weighted by molar-refractivity contribution is 6.30. The van der Waals surface area contributed by atoms with Crippen molar-refractivity contribution in [3.63, 3.8) is 0 Å². The van der Waals surface area contributed by atoms with Crippen LogP contribution in [-0.4, -0.2) is 24.9 Å². The zero-order chi connectivity index (χ0) is 15.2. The van der Waals surface area contributed by atoms with Crippen LogP contribution in [0.2, 0.25) is 5.02 Å². The third-order valence-corrected chi connectivity index (χ3v) is 3.47. The Morgan fingerprint density at radius 1 is 1.00 bits per heavy atom. The summed E-state index contributed by atoms with van der Waals surface area (Å²) in [5.41, 5.74) is 3.23. The fourth-order valence-electron chi connectivity index (χ4n) is 1.88. The molecule has 4 heteroatoms. The monoisotopic (exact) mass is 302 g/mol. The Balaban J connectivity index is 1.90. The van der Waals surface area contributed by atoms with Gasteiger partial charge >= 0.3 is 0 Å². The van der Waals surface area contributed by atoms with E-state index in [2.05, 4.69) is 5.32 Å². The molecule has 0 atom stereocenters. The van der Waals surface area contributed by atoms with Crippen molar-refractivity contribution in [2.75, 3.05) is 19.4 Å². The van der Waals surface area contributed by atoms with E-state index in [-0.39, 0.29) is 5.91 Å². The highest BCUT2D eigenvalue weighted by atomic mass is 35.5. The fraction of sp³-hybridized carbons (Fsp3) is 0.235. The molecule has 0 saturated carbocycles. The largest absolute Gasteiger partial charge is 0.381 e. The molecule has 0 saturated heterocycles. The average Bonchev–Trinajstić information content (AvgIpc) is 2.48. The number of hydrogen-bond donors (Lipinski definition) is 1. The summed E-state index contributed by atoms with van der Waals surface area (Å²) in [5.74, 6) is 0.108. The van der Waals surface area contributed by atoms with E-state index in [0.717, 1.165) is 22.8 Å². The van der Waals surface area contributed by atoms with Crippen LogP contribution in [0, 0.1) is 0 Å². The Kier molecular flexibility index (Phi) is 5.23. The van der Waals surface area contributed by atoms with Crippen molar-refractivity contribution in [3.05, 3.63) is 64.7 Å². The minimum Gasteiger partial charge on any atom is -0.381 e. The normalized spacial score (nSPS) is 10.2. The molecule has 0 aliphatic heterocycles. The van der Waals surface area contributed by atoms with Gasteiger partial charge < -0.3 is 10.2 Å². The minimum atomic E-state index is 0.108. The van der Waals surface area contributed by atoms with Gasteiger partial charge in [-0.3, -0.25) is 4.79 Å². The van der Waals surface area contributed by atoms with Gasteiger partial charge in [0.1, 0.15) is 0 Å². The quantitative estimate of drug-likeness (QED) is 0.915. The molecular formula is C17H19ClN2O. The molecule has 0 unspecified atom stereocenters. The summed E-state index contributed by atoms with van der Waals surface area (Å²) >= 11 is 5.86. The van der Waals surface area contributed by atoms with Gasteiger partial charge in [0.15, 0.2) is 0 Å². The number of amides is 1. The lowest BCUT2D eigenvalue weighted by Crippen LogP contribution is -2.23. The number of rotatable bonds is 5. The molecule has 2 rings (SSSR count). The molecule has 21 heavy (non-hydrogen) atoms. The predicted octanol–water partition coefficient (Wildman–Crippen LogP) is 3.58. The van der Waals surface area contributed by atoms with E-state index in [1.54, 1.807) is 19.0 Å². The maximum Gasteiger partial charge on any atom is 0.226 e. The second-order valence-corrected chi connectivity index (χ2v) is 5.58. The Hall–Kier alpha value is -2.00. The van der Waals surface area contributed by atoms with Gasteiger partial charge in [-0.25, -0.2) is 0 Å². The van der Waals surface area contributed by atoms with E-state index in [4.69, 9.17) is 11.6 Å². The first-order valence-corrected chi connectivity index (χ1v) is 7.20. The number of nitrogens with one attached hydrogen (secondary N) is 1. The Labute approximate surface area is 130 Å². The highest BCUT2D eigenvalue weighted by Crippen LogP contribution is 2.14. The zero-order valence-corrected chi connectivity index (χ0v) is 13.0. The van der Waals surface area contributed by atoms with Crippen LogP contribution >= 0.6 is 11.6 Å². The predicted molar refractivity (Wildman–Crippen MR) is 87.6 cm³/mol. The maximum atomic E-state index is 11.6. The van der Waals surface area contributed by atoms with Crippen LogP contribution in [-0.2, 0) is 17.8 Å². The van der Waals surface area contributed by atoms with Crippen LogP contribution in [0.1, 0.15) is 11.1 Å². The highest BCUT2D eigenvalue weighted by Gasteiger charge is 2.05. The van der Waals surface area contributed by atoms with Gasteiger partial charge in [0.2, 0.25) is 5.91 Å². The Morgan fingerprint density at radius 2 is 1.57 bits per heavy atom. The number of halogens is 1. The molecule has 0 bridgehead atoms. The van der Waals surface area contributed by atoms with E-state index in [1.165, 1.54) is 5.56 Å². The summed E-state index contributed by atoms with van der Waals surface area (Å²) < 4.78 is 0. The summed E-state index contributed by atoms with van der Waals surface area (Å²) in [6.07, 6.45) is 0.435. The van der Waals surface area contributed by atoms with E-state index in [9.17, 15) is 4.79 Å². The van der Waals surface area contributed by atoms with Crippen molar-refractivity contribution in [1.29, 1.82) is 0 Å². The van der Waals surface area contributed by atoms with E-state index < -0.39 is 0 Å². The average molecular weight is 303 g/mol. The first kappa shape index (κ1) is 15.4. The lowest BCUT2D eigenvalue weighted by Gasteiger charge is -2.11. The van der Waals surface area contributed by atoms with Crippen LogP contribution in [0.15, 0.2) is 48.5 Å². The molecule has 1 amide bonds. The Bertz CT molecular complexity index is 591. The van der Waals surface area contributed by atoms with Crippen molar-refractivity contribution in [1.82, 2.24) is 4.90 Å². The number of hydrogen-bond acceptors (Lipinski definition) is 2. The number of carbonyl (C=O) groups excluding carboxylic acids is 1. The summed E-state index contributed by atoms with van der Waals surface area (Å²) in [7, 11) is 3.54. The number of benzene rings is 2. The van der Waals surface area contributed by atoms with Gasteiger partial charge in [-0.2, -0.15) is 0 Å². The fourth-order valence-corrected chi connectivity index (χ4v) is 2.01. The van der Waals surface area contributed by atoms with Gasteiger partial charge in [0.25, 0.3) is 0 Å². The van der Waals surface area contributed by atoms with Crippen molar-refractivity contribution >= 4 is 23.2 Å². The van der Waals surface area contributed by atoms with Gasteiger partial charge in [-0.1, -0.05) is 35.9 Å². The SMILES string of the molecule is CN(C)C(=O)Cc1ccc(NCc2ccc(Cl)cc2)cc1. The summed E-state index contributed by atoms with van der Waals surface area (Å²) in [6.45, 7) is 0.743. The molecule has 0 aromatic heterocycles. The lowest BCUT2D eigenvalue weighted by molar-refractivity contribution is -0.127. The van der Waals surface area contributed by atoms with E-state index >= 15 is 0 Å². The smallest absolute Gasteiger partial charge is 0.226 e. The van der Waals surface area contributed by atoms with Crippen LogP contribution < -0.4 is 5.32 Å². The van der Waals surface area contributed by atoms with Crippen LogP contribution in [0.5, 0.6) is 0 Å². The third kappa shape index (κ3) is 4.80. The van der Waals surface area contributed by atoms with Crippen molar-refractivity contribution in [3.8, 4) is 0 Å². The molecule has 0 fully saturated rings. The maximum absolute atomic E-state index is 11.6. The second kappa shape index (κ2) is 7.14. The van der Waals surface area contributed by atoms with Gasteiger partial charge in [0.05, 0.1) is 6.42 Å². The molecule has 110 valence electrons. The Morgan fingerprint density at radius 3 is 2.14 bits per heavy atom. The van der Waals surface area contributed by atoms with Crippen molar-refractivity contribution in [2.24, 2.45) is 0 Å². The lowest BCUT2D eigenvalue weighted by atomic mass is 10.1. The first-order chi connectivity index (χ1) is 10.0. The molecule has 0 heterocycles. The van der Waals surface area contributed by atoms with Gasteiger partial charge in [-0.05, 0) is 35.4 Å². The van der Waals surface area contributed by atoms with Crippen LogP contribution in [0.4, 0.5) is 5.69 Å². The number of carbonyl (C=O) groups is 1. The first-order valence-electron chi connectivity index (χ1n) is 6.82. The van der Waals surface area contributed by atoms with Gasteiger partial charge in [-0.15, -0.1) is 0 Å². The standard InChI is InChI=1S/C17H19ClN2O/c1-20(2)17(21)11-13-5-9-16(10-6-13)19-12-14-3-7-15(18)8-4-14/h3-10,19H,11-12H2,1-2H3. The second-order valence-electron chi connectivity index (χ2n) is 5.14. The van der Waals surface area contributed by atoms with Gasteiger partial charge in [0, 0.05) is 31.4 Å². The molecule has 1 N–H and O–H groups in total. The molecular weight excluding hydrogens is 284 g/mol. The number of likely N-dealkylation sites (N-methyl/N-ethyl adjacent to an activating group) is 1. The molecule has 0 aliphatic rings. The summed E-state index contributed by atoms with van der Waals surface area (Å²) in [4.78, 5) is 13.2. The molecule has 0 radical (unpaired) electrons. The minimum absolute atomic E-state index is 0.108. The van der Waals surface area contributed by atoms with Crippen molar-refractivity contribution in [2.45, 2.75) is 13.0 Å². The molecule has 2 aromatic carbocycles. The zero-order valence-electron chi connectivity index (χ0n) is 12.3. The van der Waals surface area contributed by atoms with E-state index in [0.29, 0.717) is 6.42 Å². The van der Waals surface area contributed by atoms with E-state index in [1.807, 2.05) is 48.5 Å². The number of nitrogens with zero attached hydrogens (tertiary/aromatic N) is 1. The topological polar surface area (TPSA) is 32.3 Å². The molecule has 2 aromatic rings. The third-order valence-electron chi connectivity index (χ3n) is 3.22. The molecule has 0 aliphatic carbocycles. The van der Waals surface area contributed by atoms with Crippen molar-refractivity contribution < 1.29 is 4.79 Å². The van der Waals surface area contributed by atoms with Crippen LogP contribution in [0.25, 0.3) is 0 Å². The summed E-state index contributed by atoms with van der Waals surface area (Å²) in [6, 6.07) is 15.7. The van der Waals surface area contributed by atoms with Crippen LogP contribution in [0.3, 0.4) is 0 Å². The molecule has 0 spiro atoms. The number of anilines is 1. The summed E-state index contributed by atoms with van der Waals surface area (Å²) in [5, 5.41) is 4.09. The molecule has 3 nitrogen and oxygen atoms in total.